The van der Waals surface area contributed by atoms with Gasteiger partial charge in [-0.1, -0.05) is 0 Å². The zero-order chi connectivity index (χ0) is 14.6. The van der Waals surface area contributed by atoms with E-state index in [0.29, 0.717) is 6.42 Å². The molecule has 0 aliphatic carbocycles. The molecule has 0 radical (unpaired) electrons. The van der Waals surface area contributed by atoms with Gasteiger partial charge in [0, 0.05) is 6.04 Å². The Labute approximate surface area is 115 Å². The van der Waals surface area contributed by atoms with Crippen LogP contribution < -0.4 is 0 Å². The molecule has 1 fully saturated rings. The molecule has 0 N–H and O–H groups in total. The van der Waals surface area contributed by atoms with E-state index in [4.69, 9.17) is 4.74 Å². The lowest BCUT2D eigenvalue weighted by atomic mass is 10.1. The number of esters is 2. The minimum absolute atomic E-state index is 0.00697. The molecule has 0 bridgehead atoms. The first-order chi connectivity index (χ1) is 8.74. The second kappa shape index (κ2) is 6.37. The lowest BCUT2D eigenvalue weighted by Crippen LogP contribution is -2.45. The molecule has 1 unspecified atom stereocenters. The van der Waals surface area contributed by atoms with Crippen molar-refractivity contribution >= 4 is 11.9 Å². The monoisotopic (exact) mass is 271 g/mol. The van der Waals surface area contributed by atoms with Crippen LogP contribution in [0.4, 0.5) is 0 Å². The number of carbonyl (C=O) groups excluding carboxylic acids is 2. The second-order valence-electron chi connectivity index (χ2n) is 6.06. The van der Waals surface area contributed by atoms with Crippen LogP contribution in [0.2, 0.25) is 0 Å². The van der Waals surface area contributed by atoms with E-state index in [2.05, 4.69) is 4.74 Å². The molecule has 2 atom stereocenters. The van der Waals surface area contributed by atoms with Gasteiger partial charge in [-0.2, -0.15) is 0 Å². The molecule has 19 heavy (non-hydrogen) atoms. The number of ether oxygens (including phenoxy) is 2. The van der Waals surface area contributed by atoms with Crippen LogP contribution in [0.1, 0.15) is 47.0 Å². The minimum atomic E-state index is -0.475. The summed E-state index contributed by atoms with van der Waals surface area (Å²) in [7, 11) is 1.38. The van der Waals surface area contributed by atoms with Crippen LogP contribution in [0.25, 0.3) is 0 Å². The molecule has 0 aromatic heterocycles. The maximum absolute atomic E-state index is 12.2. The molecule has 1 heterocycles. The molecule has 1 aliphatic heterocycles. The first-order valence-electron chi connectivity index (χ1n) is 6.80. The van der Waals surface area contributed by atoms with E-state index in [0.717, 1.165) is 19.4 Å². The smallest absolute Gasteiger partial charge is 0.323 e. The van der Waals surface area contributed by atoms with Crippen molar-refractivity contribution < 1.29 is 19.1 Å². The van der Waals surface area contributed by atoms with Crippen LogP contribution in [0.15, 0.2) is 0 Å². The zero-order valence-electron chi connectivity index (χ0n) is 12.6. The average Bonchev–Trinajstić information content (AvgIpc) is 2.75. The van der Waals surface area contributed by atoms with Crippen molar-refractivity contribution in [2.75, 3.05) is 13.7 Å². The van der Waals surface area contributed by atoms with Gasteiger partial charge in [0.25, 0.3) is 0 Å². The van der Waals surface area contributed by atoms with Crippen LogP contribution in [0.5, 0.6) is 0 Å². The van der Waals surface area contributed by atoms with Gasteiger partial charge in [0.2, 0.25) is 0 Å². The number of methoxy groups -OCH3 is 1. The van der Waals surface area contributed by atoms with Crippen molar-refractivity contribution in [1.29, 1.82) is 0 Å². The van der Waals surface area contributed by atoms with E-state index in [-0.39, 0.29) is 24.0 Å². The topological polar surface area (TPSA) is 55.8 Å². The number of likely N-dealkylation sites (tertiary alicyclic amines) is 1. The molecule has 0 spiro atoms. The zero-order valence-corrected chi connectivity index (χ0v) is 12.6. The van der Waals surface area contributed by atoms with Crippen LogP contribution in [0.3, 0.4) is 0 Å². The summed E-state index contributed by atoms with van der Waals surface area (Å²) in [4.78, 5) is 25.5. The highest BCUT2D eigenvalue weighted by atomic mass is 16.6. The summed E-state index contributed by atoms with van der Waals surface area (Å²) in [6, 6.07) is -0.244. The quantitative estimate of drug-likeness (QED) is 0.729. The Morgan fingerprint density at radius 3 is 2.53 bits per heavy atom. The van der Waals surface area contributed by atoms with Crippen molar-refractivity contribution in [2.24, 2.45) is 0 Å². The summed E-state index contributed by atoms with van der Waals surface area (Å²) >= 11 is 0. The molecule has 0 aromatic rings. The van der Waals surface area contributed by atoms with Crippen LogP contribution in [-0.2, 0) is 19.1 Å². The van der Waals surface area contributed by atoms with Gasteiger partial charge in [-0.25, -0.2) is 0 Å². The largest absolute Gasteiger partial charge is 0.469 e. The standard InChI is InChI=1S/C14H25NO4/c1-10(9-12(16)18-5)15-8-6-7-11(15)13(17)19-14(2,3)4/h10-11H,6-9H2,1-5H3/t10?,11-/m1/s1. The predicted molar refractivity (Wildman–Crippen MR) is 71.7 cm³/mol. The van der Waals surface area contributed by atoms with E-state index in [9.17, 15) is 9.59 Å². The van der Waals surface area contributed by atoms with Gasteiger partial charge in [-0.3, -0.25) is 14.5 Å². The fraction of sp³-hybridized carbons (Fsp3) is 0.857. The Hall–Kier alpha value is -1.10. The summed E-state index contributed by atoms with van der Waals surface area (Å²) in [5.41, 5.74) is -0.475. The van der Waals surface area contributed by atoms with E-state index in [1.807, 2.05) is 32.6 Å². The van der Waals surface area contributed by atoms with Gasteiger partial charge in [0.15, 0.2) is 0 Å². The molecule has 1 rings (SSSR count). The van der Waals surface area contributed by atoms with Crippen molar-refractivity contribution in [2.45, 2.75) is 64.6 Å². The maximum atomic E-state index is 12.2. The predicted octanol–water partition coefficient (Wildman–Crippen LogP) is 1.74. The van der Waals surface area contributed by atoms with Gasteiger partial charge in [-0.05, 0) is 47.1 Å². The van der Waals surface area contributed by atoms with Gasteiger partial charge < -0.3 is 9.47 Å². The normalized spacial score (nSPS) is 22.1. The number of nitrogens with zero attached hydrogens (tertiary/aromatic N) is 1. The molecule has 1 saturated heterocycles. The lowest BCUT2D eigenvalue weighted by Gasteiger charge is -2.31. The molecule has 5 heteroatoms. The molecule has 5 nitrogen and oxygen atoms in total. The summed E-state index contributed by atoms with van der Waals surface area (Å²) in [6.45, 7) is 8.36. The van der Waals surface area contributed by atoms with Gasteiger partial charge in [0.1, 0.15) is 11.6 Å². The Balaban J connectivity index is 2.63. The summed E-state index contributed by atoms with van der Waals surface area (Å²) in [5.74, 6) is -0.441. The van der Waals surface area contributed by atoms with E-state index in [1.54, 1.807) is 0 Å². The number of carbonyl (C=O) groups is 2. The van der Waals surface area contributed by atoms with Crippen molar-refractivity contribution in [3.8, 4) is 0 Å². The molecule has 110 valence electrons. The molecular weight excluding hydrogens is 246 g/mol. The Bertz CT molecular complexity index is 335. The molecular formula is C14H25NO4. The molecule has 0 aromatic carbocycles. The van der Waals surface area contributed by atoms with E-state index < -0.39 is 5.60 Å². The number of hydrogen-bond acceptors (Lipinski definition) is 5. The fourth-order valence-electron chi connectivity index (χ4n) is 2.38. The van der Waals surface area contributed by atoms with Crippen LogP contribution in [-0.4, -0.2) is 48.2 Å². The lowest BCUT2D eigenvalue weighted by molar-refractivity contribution is -0.161. The van der Waals surface area contributed by atoms with E-state index in [1.165, 1.54) is 7.11 Å². The fourth-order valence-corrected chi connectivity index (χ4v) is 2.38. The second-order valence-corrected chi connectivity index (χ2v) is 6.06. The number of rotatable bonds is 4. The van der Waals surface area contributed by atoms with Gasteiger partial charge in [-0.15, -0.1) is 0 Å². The first-order valence-corrected chi connectivity index (χ1v) is 6.80. The maximum Gasteiger partial charge on any atom is 0.323 e. The molecule has 1 aliphatic rings. The summed E-state index contributed by atoms with van der Waals surface area (Å²) in [6.07, 6.45) is 2.05. The summed E-state index contributed by atoms with van der Waals surface area (Å²) in [5, 5.41) is 0. The molecule has 0 saturated carbocycles. The van der Waals surface area contributed by atoms with E-state index >= 15 is 0 Å². The van der Waals surface area contributed by atoms with Crippen LogP contribution >= 0.6 is 0 Å². The highest BCUT2D eigenvalue weighted by Gasteiger charge is 2.37. The van der Waals surface area contributed by atoms with Crippen molar-refractivity contribution in [1.82, 2.24) is 4.90 Å². The minimum Gasteiger partial charge on any atom is -0.469 e. The van der Waals surface area contributed by atoms with Crippen molar-refractivity contribution in [3.63, 3.8) is 0 Å². The van der Waals surface area contributed by atoms with Gasteiger partial charge >= 0.3 is 11.9 Å². The van der Waals surface area contributed by atoms with Crippen LogP contribution in [0, 0.1) is 0 Å². The third-order valence-electron chi connectivity index (χ3n) is 3.23. The number of hydrogen-bond donors (Lipinski definition) is 0. The Morgan fingerprint density at radius 1 is 1.37 bits per heavy atom. The first kappa shape index (κ1) is 16.0. The summed E-state index contributed by atoms with van der Waals surface area (Å²) < 4.78 is 10.1. The Kier molecular flexibility index (Phi) is 5.35. The van der Waals surface area contributed by atoms with Crippen molar-refractivity contribution in [3.05, 3.63) is 0 Å². The molecule has 0 amide bonds. The third kappa shape index (κ3) is 4.82. The van der Waals surface area contributed by atoms with Gasteiger partial charge in [0.05, 0.1) is 13.5 Å². The average molecular weight is 271 g/mol. The highest BCUT2D eigenvalue weighted by molar-refractivity contribution is 5.77. The highest BCUT2D eigenvalue weighted by Crippen LogP contribution is 2.24. The Morgan fingerprint density at radius 2 is 2.00 bits per heavy atom. The SMILES string of the molecule is COC(=O)CC(C)N1CCC[C@@H]1C(=O)OC(C)(C)C. The third-order valence-corrected chi connectivity index (χ3v) is 3.23.